The number of anilines is 2. The van der Waals surface area contributed by atoms with Crippen LogP contribution in [-0.4, -0.2) is 26.4 Å². The molecule has 0 unspecified atom stereocenters. The highest BCUT2D eigenvalue weighted by atomic mass is 32.2. The summed E-state index contributed by atoms with van der Waals surface area (Å²) in [6.07, 6.45) is -4.77. The normalized spacial score (nSPS) is 14.1. The maximum absolute atomic E-state index is 12.9. The zero-order chi connectivity index (χ0) is 20.7. The van der Waals surface area contributed by atoms with Crippen molar-refractivity contribution in [3.05, 3.63) is 53.1 Å². The van der Waals surface area contributed by atoms with Gasteiger partial charge in [0.15, 0.2) is 0 Å². The molecule has 28 heavy (non-hydrogen) atoms. The van der Waals surface area contributed by atoms with Crippen molar-refractivity contribution in [2.45, 2.75) is 17.6 Å². The predicted octanol–water partition coefficient (Wildman–Crippen LogP) is 3.36. The quantitative estimate of drug-likeness (QED) is 0.810. The zero-order valence-corrected chi connectivity index (χ0v) is 15.1. The smallest absolute Gasteiger partial charge is 0.323 e. The first kappa shape index (κ1) is 19.5. The number of hydrogen-bond acceptors (Lipinski definition) is 4. The van der Waals surface area contributed by atoms with Crippen LogP contribution in [0, 0.1) is 11.3 Å². The first-order valence-corrected chi connectivity index (χ1v) is 9.29. The summed E-state index contributed by atoms with van der Waals surface area (Å²) in [6, 6.07) is 7.55. The summed E-state index contributed by atoms with van der Waals surface area (Å²) in [5.74, 6) is 0. The fourth-order valence-corrected chi connectivity index (χ4v) is 3.77. The lowest BCUT2D eigenvalue weighted by Crippen LogP contribution is -2.35. The van der Waals surface area contributed by atoms with Gasteiger partial charge in [-0.2, -0.15) is 18.4 Å². The van der Waals surface area contributed by atoms with E-state index in [0.717, 1.165) is 6.07 Å². The van der Waals surface area contributed by atoms with Crippen LogP contribution >= 0.6 is 0 Å². The van der Waals surface area contributed by atoms with Crippen molar-refractivity contribution in [2.24, 2.45) is 0 Å². The third-order valence-electron chi connectivity index (χ3n) is 4.08. The number of rotatable bonds is 3. The first-order chi connectivity index (χ1) is 13.0. The molecule has 0 fully saturated rings. The van der Waals surface area contributed by atoms with Crippen LogP contribution in [0.5, 0.6) is 0 Å². The van der Waals surface area contributed by atoms with Gasteiger partial charge in [0.1, 0.15) is 0 Å². The fraction of sp³-hybridized carbons (Fsp3) is 0.176. The number of hydrogen-bond donors (Lipinski definition) is 2. The number of carbonyl (C=O) groups is 1. The van der Waals surface area contributed by atoms with Crippen molar-refractivity contribution in [2.75, 3.05) is 17.1 Å². The lowest BCUT2D eigenvalue weighted by atomic mass is 10.1. The molecule has 11 heteroatoms. The molecule has 0 radical (unpaired) electrons. The number of urea groups is 1. The van der Waals surface area contributed by atoms with Gasteiger partial charge in [-0.25, -0.2) is 13.2 Å². The number of alkyl halides is 3. The molecule has 0 atom stereocenters. The molecular formula is C17H13F3N4O3S. The van der Waals surface area contributed by atoms with Crippen molar-refractivity contribution in [1.29, 1.82) is 5.26 Å². The van der Waals surface area contributed by atoms with E-state index in [0.29, 0.717) is 23.4 Å². The van der Waals surface area contributed by atoms with Crippen LogP contribution in [0.25, 0.3) is 0 Å². The van der Waals surface area contributed by atoms with Gasteiger partial charge in [-0.3, -0.25) is 4.72 Å². The molecule has 2 N–H and O–H groups in total. The van der Waals surface area contributed by atoms with Gasteiger partial charge in [0.25, 0.3) is 10.0 Å². The summed E-state index contributed by atoms with van der Waals surface area (Å²) in [7, 11) is -2.66. The molecule has 0 bridgehead atoms. The molecule has 1 aliphatic rings. The SMILES string of the molecule is CN1Cc2cc(NS(=O)(=O)c3ccc(C(F)(F)F)c(C#N)c3)ccc2NC1=O. The van der Waals surface area contributed by atoms with Crippen LogP contribution in [0.3, 0.4) is 0 Å². The Bertz CT molecular complexity index is 1110. The van der Waals surface area contributed by atoms with Crippen molar-refractivity contribution in [1.82, 2.24) is 4.90 Å². The Morgan fingerprint density at radius 1 is 1.21 bits per heavy atom. The summed E-state index contributed by atoms with van der Waals surface area (Å²) < 4.78 is 66.0. The van der Waals surface area contributed by atoms with Gasteiger partial charge in [-0.15, -0.1) is 0 Å². The third kappa shape index (κ3) is 3.72. The van der Waals surface area contributed by atoms with E-state index in [1.165, 1.54) is 29.2 Å². The minimum Gasteiger partial charge on any atom is -0.323 e. The number of nitrogens with zero attached hydrogens (tertiary/aromatic N) is 2. The Kier molecular flexibility index (Phi) is 4.68. The molecule has 0 spiro atoms. The maximum atomic E-state index is 12.9. The molecule has 0 aromatic heterocycles. The summed E-state index contributed by atoms with van der Waals surface area (Å²) in [4.78, 5) is 12.5. The van der Waals surface area contributed by atoms with Crippen LogP contribution < -0.4 is 10.0 Å². The zero-order valence-electron chi connectivity index (χ0n) is 14.3. The molecule has 0 saturated carbocycles. The van der Waals surface area contributed by atoms with E-state index in [2.05, 4.69) is 10.0 Å². The standard InChI is InChI=1S/C17H13F3N4O3S/c1-24-9-11-6-12(2-5-15(11)22-16(24)25)23-28(26,27)13-3-4-14(17(18,19)20)10(7-13)8-21/h2-7,23H,9H2,1H3,(H,22,25). The van der Waals surface area contributed by atoms with Crippen molar-refractivity contribution in [3.8, 4) is 6.07 Å². The second kappa shape index (κ2) is 6.72. The Morgan fingerprint density at radius 2 is 1.93 bits per heavy atom. The van der Waals surface area contributed by atoms with Gasteiger partial charge in [0.05, 0.1) is 22.1 Å². The molecule has 2 amide bonds. The average Bonchev–Trinajstić information content (AvgIpc) is 2.61. The summed E-state index contributed by atoms with van der Waals surface area (Å²) in [5, 5.41) is 11.6. The molecular weight excluding hydrogens is 397 g/mol. The second-order valence-electron chi connectivity index (χ2n) is 6.08. The van der Waals surface area contributed by atoms with E-state index in [9.17, 15) is 26.4 Å². The minimum atomic E-state index is -4.77. The van der Waals surface area contributed by atoms with Crippen LogP contribution in [-0.2, 0) is 22.7 Å². The highest BCUT2D eigenvalue weighted by molar-refractivity contribution is 7.92. The first-order valence-electron chi connectivity index (χ1n) is 7.80. The molecule has 2 aromatic rings. The van der Waals surface area contributed by atoms with E-state index >= 15 is 0 Å². The number of nitrogens with one attached hydrogen (secondary N) is 2. The van der Waals surface area contributed by atoms with Gasteiger partial charge >= 0.3 is 12.2 Å². The molecule has 1 heterocycles. The minimum absolute atomic E-state index is 0.168. The van der Waals surface area contributed by atoms with Crippen molar-refractivity contribution in [3.63, 3.8) is 0 Å². The maximum Gasteiger partial charge on any atom is 0.417 e. The van der Waals surface area contributed by atoms with Crippen molar-refractivity contribution < 1.29 is 26.4 Å². The predicted molar refractivity (Wildman–Crippen MR) is 93.9 cm³/mol. The van der Waals surface area contributed by atoms with Crippen molar-refractivity contribution >= 4 is 27.4 Å². The van der Waals surface area contributed by atoms with Gasteiger partial charge in [0, 0.05) is 25.0 Å². The third-order valence-corrected chi connectivity index (χ3v) is 5.46. The van der Waals surface area contributed by atoms with Gasteiger partial charge < -0.3 is 10.2 Å². The van der Waals surface area contributed by atoms with E-state index in [1.54, 1.807) is 7.05 Å². The van der Waals surface area contributed by atoms with Crippen LogP contribution in [0.4, 0.5) is 29.3 Å². The highest BCUT2D eigenvalue weighted by Gasteiger charge is 2.34. The number of benzene rings is 2. The lowest BCUT2D eigenvalue weighted by molar-refractivity contribution is -0.137. The van der Waals surface area contributed by atoms with Crippen LogP contribution in [0.2, 0.25) is 0 Å². The Morgan fingerprint density at radius 3 is 2.57 bits per heavy atom. The molecule has 2 aromatic carbocycles. The molecule has 146 valence electrons. The molecule has 0 aliphatic carbocycles. The number of nitriles is 1. The Labute approximate surface area is 158 Å². The molecule has 0 saturated heterocycles. The average molecular weight is 410 g/mol. The van der Waals surface area contributed by atoms with E-state index in [4.69, 9.17) is 5.26 Å². The van der Waals surface area contributed by atoms with E-state index in [-0.39, 0.29) is 18.3 Å². The van der Waals surface area contributed by atoms with Gasteiger partial charge in [-0.1, -0.05) is 0 Å². The van der Waals surface area contributed by atoms with Crippen LogP contribution in [0.1, 0.15) is 16.7 Å². The Balaban J connectivity index is 1.92. The van der Waals surface area contributed by atoms with E-state index in [1.807, 2.05) is 0 Å². The van der Waals surface area contributed by atoms with E-state index < -0.39 is 32.2 Å². The largest absolute Gasteiger partial charge is 0.417 e. The number of sulfonamides is 1. The summed E-state index contributed by atoms with van der Waals surface area (Å²) >= 11 is 0. The Hall–Kier alpha value is -3.26. The highest BCUT2D eigenvalue weighted by Crippen LogP contribution is 2.33. The lowest BCUT2D eigenvalue weighted by Gasteiger charge is -2.26. The molecule has 7 nitrogen and oxygen atoms in total. The summed E-state index contributed by atoms with van der Waals surface area (Å²) in [6.45, 7) is 0.260. The fourth-order valence-electron chi connectivity index (χ4n) is 2.69. The molecule has 3 rings (SSSR count). The number of halogens is 3. The molecule has 1 aliphatic heterocycles. The van der Waals surface area contributed by atoms with Gasteiger partial charge in [0.2, 0.25) is 0 Å². The topological polar surface area (TPSA) is 102 Å². The number of carbonyl (C=O) groups excluding carboxylic acids is 1. The van der Waals surface area contributed by atoms with Gasteiger partial charge in [-0.05, 0) is 42.0 Å². The second-order valence-corrected chi connectivity index (χ2v) is 7.76. The number of fused-ring (bicyclic) bond motifs is 1. The number of amides is 2. The monoisotopic (exact) mass is 410 g/mol. The van der Waals surface area contributed by atoms with Crippen LogP contribution in [0.15, 0.2) is 41.3 Å². The summed E-state index contributed by atoms with van der Waals surface area (Å²) in [5.41, 5.74) is -0.631.